The van der Waals surface area contributed by atoms with E-state index in [1.54, 1.807) is 0 Å². The van der Waals surface area contributed by atoms with Gasteiger partial charge in [-0.1, -0.05) is 48.0 Å². The summed E-state index contributed by atoms with van der Waals surface area (Å²) in [5, 5.41) is 11.7. The second-order valence-corrected chi connectivity index (χ2v) is 7.44. The summed E-state index contributed by atoms with van der Waals surface area (Å²) in [6.45, 7) is 4.08. The van der Waals surface area contributed by atoms with Crippen molar-refractivity contribution in [3.05, 3.63) is 64.7 Å². The number of amides is 1. The number of carbonyl (C=O) groups is 1. The van der Waals surface area contributed by atoms with Gasteiger partial charge in [-0.2, -0.15) is 5.10 Å². The van der Waals surface area contributed by atoms with E-state index in [1.165, 1.54) is 16.9 Å². The Hall–Kier alpha value is -2.99. The Morgan fingerprint density at radius 2 is 1.88 bits per heavy atom. The van der Waals surface area contributed by atoms with Crippen molar-refractivity contribution in [3.8, 4) is 11.3 Å². The number of thiazole rings is 1. The Kier molecular flexibility index (Phi) is 4.26. The van der Waals surface area contributed by atoms with E-state index in [9.17, 15) is 4.79 Å². The predicted octanol–water partition coefficient (Wildman–Crippen LogP) is 4.48. The van der Waals surface area contributed by atoms with E-state index in [0.717, 1.165) is 32.7 Å². The highest BCUT2D eigenvalue weighted by atomic mass is 32.1. The fourth-order valence-corrected chi connectivity index (χ4v) is 3.75. The van der Waals surface area contributed by atoms with Crippen molar-refractivity contribution in [2.45, 2.75) is 20.3 Å². The number of hydrogen-bond donors (Lipinski definition) is 2. The van der Waals surface area contributed by atoms with Crippen LogP contribution in [0.5, 0.6) is 0 Å². The lowest BCUT2D eigenvalue weighted by atomic mass is 10.1. The number of hydrogen-bond acceptors (Lipinski definition) is 4. The zero-order chi connectivity index (χ0) is 18.1. The monoisotopic (exact) mass is 362 g/mol. The van der Waals surface area contributed by atoms with Crippen molar-refractivity contribution >= 4 is 33.3 Å². The first-order valence-corrected chi connectivity index (χ1v) is 9.18. The number of fused-ring (bicyclic) bond motifs is 1. The number of aryl methyl sites for hydroxylation is 2. The molecule has 4 rings (SSSR count). The lowest BCUT2D eigenvalue weighted by molar-refractivity contribution is -0.115. The molecule has 0 bridgehead atoms. The predicted molar refractivity (Wildman–Crippen MR) is 105 cm³/mol. The molecular formula is C20H18N4OS. The summed E-state index contributed by atoms with van der Waals surface area (Å²) in [6.07, 6.45) is 0.235. The molecule has 1 amide bonds. The number of aromatic nitrogens is 3. The number of benzene rings is 2. The average molecular weight is 362 g/mol. The zero-order valence-corrected chi connectivity index (χ0v) is 15.4. The van der Waals surface area contributed by atoms with Gasteiger partial charge in [0.1, 0.15) is 0 Å². The molecule has 0 saturated heterocycles. The third-order valence-electron chi connectivity index (χ3n) is 4.25. The molecule has 0 aliphatic rings. The fourth-order valence-electron chi connectivity index (χ4n) is 2.90. The Morgan fingerprint density at radius 3 is 2.69 bits per heavy atom. The van der Waals surface area contributed by atoms with E-state index in [2.05, 4.69) is 51.7 Å². The van der Waals surface area contributed by atoms with Gasteiger partial charge in [-0.05, 0) is 19.9 Å². The summed E-state index contributed by atoms with van der Waals surface area (Å²) < 4.78 is 0. The summed E-state index contributed by atoms with van der Waals surface area (Å²) in [6, 6.07) is 16.0. The molecule has 0 aliphatic carbocycles. The highest BCUT2D eigenvalue weighted by Crippen LogP contribution is 2.30. The minimum absolute atomic E-state index is 0.108. The van der Waals surface area contributed by atoms with E-state index in [1.807, 2.05) is 31.2 Å². The van der Waals surface area contributed by atoms with Crippen molar-refractivity contribution in [3.63, 3.8) is 0 Å². The lowest BCUT2D eigenvalue weighted by Gasteiger charge is -2.01. The van der Waals surface area contributed by atoms with Crippen LogP contribution < -0.4 is 5.32 Å². The van der Waals surface area contributed by atoms with Crippen molar-refractivity contribution in [2.75, 3.05) is 5.32 Å². The van der Waals surface area contributed by atoms with Crippen LogP contribution in [0.2, 0.25) is 0 Å². The third-order valence-corrected chi connectivity index (χ3v) is 5.13. The third kappa shape index (κ3) is 3.23. The van der Waals surface area contributed by atoms with Gasteiger partial charge in [-0.25, -0.2) is 4.98 Å². The molecule has 0 spiro atoms. The Bertz CT molecular complexity index is 1080. The quantitative estimate of drug-likeness (QED) is 0.562. The maximum atomic E-state index is 12.4. The number of anilines is 1. The van der Waals surface area contributed by atoms with Gasteiger partial charge in [0.05, 0.1) is 23.3 Å². The molecule has 2 heterocycles. The normalized spacial score (nSPS) is 11.0. The fraction of sp³-hybridized carbons (Fsp3) is 0.150. The van der Waals surface area contributed by atoms with Gasteiger partial charge < -0.3 is 5.32 Å². The highest BCUT2D eigenvalue weighted by Gasteiger charge is 2.14. The van der Waals surface area contributed by atoms with Crippen molar-refractivity contribution in [1.82, 2.24) is 15.2 Å². The van der Waals surface area contributed by atoms with Crippen molar-refractivity contribution in [2.24, 2.45) is 0 Å². The van der Waals surface area contributed by atoms with Crippen LogP contribution in [0.15, 0.2) is 48.5 Å². The molecule has 0 radical (unpaired) electrons. The van der Waals surface area contributed by atoms with E-state index >= 15 is 0 Å². The molecule has 26 heavy (non-hydrogen) atoms. The molecule has 4 aromatic rings. The second kappa shape index (κ2) is 6.72. The first-order valence-electron chi connectivity index (χ1n) is 8.36. The molecule has 0 unspecified atom stereocenters. The number of H-pyrrole nitrogens is 1. The van der Waals surface area contributed by atoms with Crippen LogP contribution in [0.4, 0.5) is 5.13 Å². The number of rotatable bonds is 4. The van der Waals surface area contributed by atoms with Gasteiger partial charge in [0, 0.05) is 15.8 Å². The largest absolute Gasteiger partial charge is 0.302 e. The second-order valence-electron chi connectivity index (χ2n) is 6.23. The minimum atomic E-state index is -0.108. The zero-order valence-electron chi connectivity index (χ0n) is 14.5. The standard InChI is InChI=1S/C20H18N4OS/c1-12-7-9-14(10-8-12)19-13(2)26-20(22-19)21-18(25)11-17-15-5-3-4-6-16(15)23-24-17/h3-10H,11H2,1-2H3,(H,23,24)(H,21,22,25). The molecule has 6 heteroatoms. The molecule has 0 aliphatic heterocycles. The van der Waals surface area contributed by atoms with Crippen molar-refractivity contribution in [1.29, 1.82) is 0 Å². The molecule has 130 valence electrons. The number of carbonyl (C=O) groups excluding carboxylic acids is 1. The van der Waals surface area contributed by atoms with E-state index in [-0.39, 0.29) is 12.3 Å². The van der Waals surface area contributed by atoms with Gasteiger partial charge in [0.2, 0.25) is 5.91 Å². The first kappa shape index (κ1) is 16.5. The molecule has 2 aromatic heterocycles. The van der Waals surface area contributed by atoms with Gasteiger partial charge in [-0.15, -0.1) is 11.3 Å². The van der Waals surface area contributed by atoms with Crippen molar-refractivity contribution < 1.29 is 4.79 Å². The number of nitrogens with zero attached hydrogens (tertiary/aromatic N) is 2. The number of aromatic amines is 1. The van der Waals surface area contributed by atoms with Crippen LogP contribution in [0, 0.1) is 13.8 Å². The molecule has 2 N–H and O–H groups in total. The van der Waals surface area contributed by atoms with Crippen LogP contribution in [-0.4, -0.2) is 21.1 Å². The average Bonchev–Trinajstić information content (AvgIpc) is 3.19. The molecule has 2 aromatic carbocycles. The van der Waals surface area contributed by atoms with Crippen LogP contribution in [0.3, 0.4) is 0 Å². The molecule has 0 saturated carbocycles. The first-order chi connectivity index (χ1) is 12.6. The van der Waals surface area contributed by atoms with Crippen LogP contribution >= 0.6 is 11.3 Å². The summed E-state index contributed by atoms with van der Waals surface area (Å²) in [7, 11) is 0. The molecular weight excluding hydrogens is 344 g/mol. The topological polar surface area (TPSA) is 70.7 Å². The summed E-state index contributed by atoms with van der Waals surface area (Å²) in [4.78, 5) is 18.1. The maximum Gasteiger partial charge on any atom is 0.232 e. The highest BCUT2D eigenvalue weighted by molar-refractivity contribution is 7.16. The van der Waals surface area contributed by atoms with E-state index in [0.29, 0.717) is 5.13 Å². The summed E-state index contributed by atoms with van der Waals surface area (Å²) in [5.74, 6) is -0.108. The van der Waals surface area contributed by atoms with Crippen LogP contribution in [0.1, 0.15) is 16.1 Å². The molecule has 0 atom stereocenters. The molecule has 5 nitrogen and oxygen atoms in total. The lowest BCUT2D eigenvalue weighted by Crippen LogP contribution is -2.14. The van der Waals surface area contributed by atoms with Crippen LogP contribution in [0.25, 0.3) is 22.2 Å². The van der Waals surface area contributed by atoms with E-state index < -0.39 is 0 Å². The summed E-state index contributed by atoms with van der Waals surface area (Å²) in [5.41, 5.74) is 4.86. The van der Waals surface area contributed by atoms with Gasteiger partial charge in [0.15, 0.2) is 5.13 Å². The summed E-state index contributed by atoms with van der Waals surface area (Å²) >= 11 is 1.49. The smallest absolute Gasteiger partial charge is 0.232 e. The Labute approximate surface area is 155 Å². The van der Waals surface area contributed by atoms with Gasteiger partial charge >= 0.3 is 0 Å². The van der Waals surface area contributed by atoms with Crippen LogP contribution in [-0.2, 0) is 11.2 Å². The molecule has 0 fully saturated rings. The Morgan fingerprint density at radius 1 is 1.12 bits per heavy atom. The van der Waals surface area contributed by atoms with E-state index in [4.69, 9.17) is 0 Å². The Balaban J connectivity index is 1.51. The number of para-hydroxylation sites is 1. The van der Waals surface area contributed by atoms with Gasteiger partial charge in [-0.3, -0.25) is 9.89 Å². The SMILES string of the molecule is Cc1ccc(-c2nc(NC(=O)Cc3[nH]nc4ccccc34)sc2C)cc1. The van der Waals surface area contributed by atoms with Gasteiger partial charge in [0.25, 0.3) is 0 Å². The minimum Gasteiger partial charge on any atom is -0.302 e. The number of nitrogens with one attached hydrogen (secondary N) is 2. The maximum absolute atomic E-state index is 12.4.